The first-order chi connectivity index (χ1) is 7.56. The van der Waals surface area contributed by atoms with Gasteiger partial charge in [0, 0.05) is 13.0 Å². The maximum atomic E-state index is 11.2. The van der Waals surface area contributed by atoms with Crippen LogP contribution in [0.25, 0.3) is 11.0 Å². The summed E-state index contributed by atoms with van der Waals surface area (Å²) in [7, 11) is 0. The Labute approximate surface area is 89.9 Å². The first-order valence-corrected chi connectivity index (χ1v) is 4.51. The van der Waals surface area contributed by atoms with Crippen LogP contribution in [0.1, 0.15) is 6.92 Å². The third-order valence-corrected chi connectivity index (χ3v) is 1.94. The predicted octanol–water partition coefficient (Wildman–Crippen LogP) is 1.42. The van der Waals surface area contributed by atoms with E-state index >= 15 is 0 Å². The maximum Gasteiger partial charge on any atom is 0.339 e. The number of carbonyl (C=O) groups excluding carboxylic acids is 1. The number of esters is 1. The van der Waals surface area contributed by atoms with E-state index in [1.807, 2.05) is 0 Å². The number of ether oxygens (including phenoxy) is 1. The average molecular weight is 220 g/mol. The van der Waals surface area contributed by atoms with Crippen molar-refractivity contribution in [2.75, 3.05) is 0 Å². The van der Waals surface area contributed by atoms with Crippen molar-refractivity contribution in [2.24, 2.45) is 0 Å². The number of phenolic OH excluding ortho intramolecular Hbond substituents is 1. The van der Waals surface area contributed by atoms with Gasteiger partial charge in [-0.05, 0) is 12.1 Å². The topological polar surface area (TPSA) is 76.7 Å². The van der Waals surface area contributed by atoms with Crippen molar-refractivity contribution in [2.45, 2.75) is 6.92 Å². The molecule has 0 amide bonds. The summed E-state index contributed by atoms with van der Waals surface area (Å²) >= 11 is 0. The minimum absolute atomic E-state index is 0.0318. The molecule has 0 saturated heterocycles. The Kier molecular flexibility index (Phi) is 2.36. The van der Waals surface area contributed by atoms with Crippen molar-refractivity contribution in [1.82, 2.24) is 0 Å². The summed E-state index contributed by atoms with van der Waals surface area (Å²) in [4.78, 5) is 22.0. The van der Waals surface area contributed by atoms with E-state index < -0.39 is 11.6 Å². The maximum absolute atomic E-state index is 11.2. The normalized spacial score (nSPS) is 10.3. The monoisotopic (exact) mass is 220 g/mol. The van der Waals surface area contributed by atoms with Crippen molar-refractivity contribution in [3.8, 4) is 11.5 Å². The molecule has 0 spiro atoms. The molecule has 0 aliphatic heterocycles. The first kappa shape index (κ1) is 10.2. The number of hydrogen-bond acceptors (Lipinski definition) is 5. The van der Waals surface area contributed by atoms with E-state index in [0.29, 0.717) is 5.39 Å². The summed E-state index contributed by atoms with van der Waals surface area (Å²) in [5.74, 6) is -0.436. The van der Waals surface area contributed by atoms with Crippen LogP contribution in [0.2, 0.25) is 0 Å². The number of phenols is 1. The van der Waals surface area contributed by atoms with Gasteiger partial charge in [-0.1, -0.05) is 0 Å². The van der Waals surface area contributed by atoms with Crippen LogP contribution >= 0.6 is 0 Å². The SMILES string of the molecule is CC(=O)Oc1cc(=O)oc2cc(O)ccc12. The second-order valence-corrected chi connectivity index (χ2v) is 3.20. The summed E-state index contributed by atoms with van der Waals surface area (Å²) in [6.07, 6.45) is 0. The summed E-state index contributed by atoms with van der Waals surface area (Å²) in [5, 5.41) is 9.68. The van der Waals surface area contributed by atoms with E-state index in [9.17, 15) is 14.7 Å². The zero-order valence-corrected chi connectivity index (χ0v) is 8.39. The summed E-state index contributed by atoms with van der Waals surface area (Å²) in [6, 6.07) is 5.28. The third kappa shape index (κ3) is 1.88. The largest absolute Gasteiger partial charge is 0.508 e. The lowest BCUT2D eigenvalue weighted by atomic mass is 10.2. The van der Waals surface area contributed by atoms with Gasteiger partial charge in [-0.15, -0.1) is 0 Å². The second-order valence-electron chi connectivity index (χ2n) is 3.20. The first-order valence-electron chi connectivity index (χ1n) is 4.51. The van der Waals surface area contributed by atoms with Gasteiger partial charge in [0.1, 0.15) is 17.1 Å². The molecule has 1 aromatic heterocycles. The van der Waals surface area contributed by atoms with Crippen LogP contribution in [-0.4, -0.2) is 11.1 Å². The van der Waals surface area contributed by atoms with Gasteiger partial charge in [0.05, 0.1) is 11.5 Å². The molecule has 5 nitrogen and oxygen atoms in total. The number of hydrogen-bond donors (Lipinski definition) is 1. The van der Waals surface area contributed by atoms with Crippen LogP contribution in [-0.2, 0) is 4.79 Å². The predicted molar refractivity (Wildman–Crippen MR) is 55.5 cm³/mol. The van der Waals surface area contributed by atoms with Gasteiger partial charge in [0.15, 0.2) is 0 Å². The summed E-state index contributed by atoms with van der Waals surface area (Å²) in [5.41, 5.74) is -0.474. The van der Waals surface area contributed by atoms with Gasteiger partial charge in [0.25, 0.3) is 0 Å². The lowest BCUT2D eigenvalue weighted by Crippen LogP contribution is -2.05. The lowest BCUT2D eigenvalue weighted by Gasteiger charge is -2.04. The third-order valence-electron chi connectivity index (χ3n) is 1.94. The zero-order chi connectivity index (χ0) is 11.7. The van der Waals surface area contributed by atoms with E-state index in [1.165, 1.54) is 25.1 Å². The molecule has 16 heavy (non-hydrogen) atoms. The Morgan fingerprint density at radius 3 is 2.81 bits per heavy atom. The highest BCUT2D eigenvalue weighted by atomic mass is 16.5. The second kappa shape index (κ2) is 3.69. The lowest BCUT2D eigenvalue weighted by molar-refractivity contribution is -0.131. The number of rotatable bonds is 1. The molecule has 1 aromatic carbocycles. The number of benzene rings is 1. The molecule has 0 saturated carbocycles. The molecular weight excluding hydrogens is 212 g/mol. The van der Waals surface area contributed by atoms with Crippen LogP contribution in [0.15, 0.2) is 33.5 Å². The number of carbonyl (C=O) groups is 1. The molecule has 0 unspecified atom stereocenters. The fourth-order valence-electron chi connectivity index (χ4n) is 1.36. The Hall–Kier alpha value is -2.30. The quantitative estimate of drug-likeness (QED) is 0.581. The molecular formula is C11H8O5. The van der Waals surface area contributed by atoms with Gasteiger partial charge in [-0.3, -0.25) is 4.79 Å². The van der Waals surface area contributed by atoms with Gasteiger partial charge >= 0.3 is 11.6 Å². The van der Waals surface area contributed by atoms with Gasteiger partial charge in [-0.2, -0.15) is 0 Å². The van der Waals surface area contributed by atoms with E-state index in [0.717, 1.165) is 6.07 Å². The number of aromatic hydroxyl groups is 1. The van der Waals surface area contributed by atoms with E-state index in [4.69, 9.17) is 9.15 Å². The summed E-state index contributed by atoms with van der Waals surface area (Å²) < 4.78 is 9.73. The van der Waals surface area contributed by atoms with Crippen LogP contribution < -0.4 is 10.4 Å². The molecule has 0 aliphatic rings. The van der Waals surface area contributed by atoms with Gasteiger partial charge < -0.3 is 14.3 Å². The highest BCUT2D eigenvalue weighted by Gasteiger charge is 2.09. The van der Waals surface area contributed by atoms with Crippen LogP contribution in [0.4, 0.5) is 0 Å². The van der Waals surface area contributed by atoms with Gasteiger partial charge in [-0.25, -0.2) is 4.79 Å². The molecule has 2 aromatic rings. The van der Waals surface area contributed by atoms with Crippen LogP contribution in [0.3, 0.4) is 0 Å². The van der Waals surface area contributed by atoms with Crippen molar-refractivity contribution in [3.05, 3.63) is 34.7 Å². The fourth-order valence-corrected chi connectivity index (χ4v) is 1.36. The van der Waals surface area contributed by atoms with Crippen LogP contribution in [0.5, 0.6) is 11.5 Å². The Bertz CT molecular complexity index is 611. The molecule has 0 bridgehead atoms. The van der Waals surface area contributed by atoms with E-state index in [1.54, 1.807) is 0 Å². The fraction of sp³-hybridized carbons (Fsp3) is 0.0909. The summed E-state index contributed by atoms with van der Waals surface area (Å²) in [6.45, 7) is 1.24. The Morgan fingerprint density at radius 1 is 1.38 bits per heavy atom. The Balaban J connectivity index is 2.72. The molecule has 2 rings (SSSR count). The molecule has 0 aliphatic carbocycles. The zero-order valence-electron chi connectivity index (χ0n) is 8.39. The van der Waals surface area contributed by atoms with E-state index in [-0.39, 0.29) is 17.1 Å². The van der Waals surface area contributed by atoms with Crippen molar-refractivity contribution in [1.29, 1.82) is 0 Å². The van der Waals surface area contributed by atoms with Crippen molar-refractivity contribution < 1.29 is 19.1 Å². The molecule has 0 atom stereocenters. The highest BCUT2D eigenvalue weighted by Crippen LogP contribution is 2.26. The highest BCUT2D eigenvalue weighted by molar-refractivity contribution is 5.86. The Morgan fingerprint density at radius 2 is 2.12 bits per heavy atom. The molecule has 5 heteroatoms. The van der Waals surface area contributed by atoms with Gasteiger partial charge in [0.2, 0.25) is 0 Å². The molecule has 0 fully saturated rings. The minimum atomic E-state index is -0.644. The standard InChI is InChI=1S/C11H8O5/c1-6(12)15-10-5-11(14)16-9-4-7(13)2-3-8(9)10/h2-5,13H,1H3. The van der Waals surface area contributed by atoms with Crippen LogP contribution in [0, 0.1) is 0 Å². The number of fused-ring (bicyclic) bond motifs is 1. The average Bonchev–Trinajstić information content (AvgIpc) is 2.15. The van der Waals surface area contributed by atoms with Crippen molar-refractivity contribution >= 4 is 16.9 Å². The molecule has 1 N–H and O–H groups in total. The molecule has 1 heterocycles. The molecule has 0 radical (unpaired) electrons. The minimum Gasteiger partial charge on any atom is -0.508 e. The van der Waals surface area contributed by atoms with Crippen molar-refractivity contribution in [3.63, 3.8) is 0 Å². The van der Waals surface area contributed by atoms with E-state index in [2.05, 4.69) is 0 Å². The molecule has 82 valence electrons. The smallest absolute Gasteiger partial charge is 0.339 e.